The first-order valence-corrected chi connectivity index (χ1v) is 6.13. The molecule has 21 heavy (non-hydrogen) atoms. The number of halogens is 3. The summed E-state index contributed by atoms with van der Waals surface area (Å²) < 4.78 is 41.6. The molecular formula is C15H12F3NO2. The van der Waals surface area contributed by atoms with Gasteiger partial charge in [-0.3, -0.25) is 4.79 Å². The summed E-state index contributed by atoms with van der Waals surface area (Å²) in [5.74, 6) is -0.865. The van der Waals surface area contributed by atoms with E-state index in [1.165, 1.54) is 30.3 Å². The average Bonchev–Trinajstić information content (AvgIpc) is 2.46. The van der Waals surface area contributed by atoms with Crippen LogP contribution in [0.5, 0.6) is 5.75 Å². The highest BCUT2D eigenvalue weighted by Crippen LogP contribution is 2.20. The number of para-hydroxylation sites is 1. The molecule has 2 aromatic rings. The quantitative estimate of drug-likeness (QED) is 0.918. The second kappa shape index (κ2) is 6.78. The number of ether oxygens (including phenoxy) is 1. The molecule has 1 N–H and O–H groups in total. The zero-order chi connectivity index (χ0) is 15.2. The van der Waals surface area contributed by atoms with Gasteiger partial charge in [0.25, 0.3) is 5.91 Å². The van der Waals surface area contributed by atoms with Crippen LogP contribution in [-0.2, 0) is 6.54 Å². The van der Waals surface area contributed by atoms with Crippen molar-refractivity contribution >= 4 is 5.91 Å². The topological polar surface area (TPSA) is 38.3 Å². The van der Waals surface area contributed by atoms with Crippen LogP contribution in [0.4, 0.5) is 13.2 Å². The molecule has 0 atom stereocenters. The summed E-state index contributed by atoms with van der Waals surface area (Å²) in [5, 5.41) is 2.56. The molecule has 0 aliphatic heterocycles. The van der Waals surface area contributed by atoms with Gasteiger partial charge in [0.05, 0.1) is 0 Å². The maximum Gasteiger partial charge on any atom is 0.387 e. The normalized spacial score (nSPS) is 10.5. The molecule has 0 fully saturated rings. The van der Waals surface area contributed by atoms with Crippen LogP contribution in [0, 0.1) is 5.82 Å². The number of amides is 1. The van der Waals surface area contributed by atoms with E-state index in [1.54, 1.807) is 18.2 Å². The molecule has 0 radical (unpaired) electrons. The van der Waals surface area contributed by atoms with Crippen molar-refractivity contribution in [2.75, 3.05) is 0 Å². The molecule has 0 bridgehead atoms. The maximum absolute atomic E-state index is 12.8. The smallest absolute Gasteiger partial charge is 0.387 e. The van der Waals surface area contributed by atoms with E-state index in [-0.39, 0.29) is 17.9 Å². The van der Waals surface area contributed by atoms with Crippen LogP contribution in [0.2, 0.25) is 0 Å². The predicted molar refractivity (Wildman–Crippen MR) is 70.6 cm³/mol. The van der Waals surface area contributed by atoms with Crippen molar-refractivity contribution < 1.29 is 22.7 Å². The van der Waals surface area contributed by atoms with Crippen molar-refractivity contribution in [3.8, 4) is 5.75 Å². The molecule has 2 rings (SSSR count). The number of alkyl halides is 2. The Hall–Kier alpha value is -2.50. The molecule has 0 spiro atoms. The molecule has 0 aliphatic rings. The van der Waals surface area contributed by atoms with Gasteiger partial charge in [-0.1, -0.05) is 18.2 Å². The first kappa shape index (κ1) is 14.9. The maximum atomic E-state index is 12.8. The summed E-state index contributed by atoms with van der Waals surface area (Å²) in [5.41, 5.74) is 0.705. The van der Waals surface area contributed by atoms with Crippen molar-refractivity contribution in [2.45, 2.75) is 13.2 Å². The lowest BCUT2D eigenvalue weighted by molar-refractivity contribution is -0.0504. The van der Waals surface area contributed by atoms with Gasteiger partial charge < -0.3 is 10.1 Å². The third-order valence-corrected chi connectivity index (χ3v) is 2.73. The number of hydrogen-bond donors (Lipinski definition) is 1. The Kier molecular flexibility index (Phi) is 4.81. The Morgan fingerprint density at radius 1 is 1.10 bits per heavy atom. The molecule has 110 valence electrons. The Labute approximate surface area is 119 Å². The lowest BCUT2D eigenvalue weighted by Crippen LogP contribution is -2.23. The minimum Gasteiger partial charge on any atom is -0.434 e. The lowest BCUT2D eigenvalue weighted by Gasteiger charge is -2.11. The molecule has 0 heterocycles. The highest BCUT2D eigenvalue weighted by molar-refractivity contribution is 5.94. The van der Waals surface area contributed by atoms with Gasteiger partial charge in [0.1, 0.15) is 11.6 Å². The fraction of sp³-hybridized carbons (Fsp3) is 0.133. The summed E-state index contributed by atoms with van der Waals surface area (Å²) in [6.07, 6.45) is 0. The highest BCUT2D eigenvalue weighted by Gasteiger charge is 2.11. The zero-order valence-electron chi connectivity index (χ0n) is 10.9. The molecule has 1 amide bonds. The number of nitrogens with one attached hydrogen (secondary N) is 1. The van der Waals surface area contributed by atoms with Gasteiger partial charge in [-0.05, 0) is 30.3 Å². The first-order chi connectivity index (χ1) is 10.1. The number of carbonyl (C=O) groups excluding carboxylic acids is 1. The van der Waals surface area contributed by atoms with E-state index in [4.69, 9.17) is 0 Å². The van der Waals surface area contributed by atoms with Gasteiger partial charge >= 0.3 is 6.61 Å². The highest BCUT2D eigenvalue weighted by atomic mass is 19.3. The van der Waals surface area contributed by atoms with E-state index in [1.807, 2.05) is 0 Å². The van der Waals surface area contributed by atoms with Crippen LogP contribution in [-0.4, -0.2) is 12.5 Å². The largest absolute Gasteiger partial charge is 0.434 e. The average molecular weight is 295 g/mol. The first-order valence-electron chi connectivity index (χ1n) is 6.13. The van der Waals surface area contributed by atoms with Crippen LogP contribution in [0.3, 0.4) is 0 Å². The van der Waals surface area contributed by atoms with Crippen molar-refractivity contribution in [2.24, 2.45) is 0 Å². The summed E-state index contributed by atoms with van der Waals surface area (Å²) in [6, 6.07) is 11.2. The summed E-state index contributed by atoms with van der Waals surface area (Å²) >= 11 is 0. The van der Waals surface area contributed by atoms with Gasteiger partial charge in [0.15, 0.2) is 0 Å². The third-order valence-electron chi connectivity index (χ3n) is 2.73. The van der Waals surface area contributed by atoms with Crippen LogP contribution >= 0.6 is 0 Å². The molecule has 2 aromatic carbocycles. The predicted octanol–water partition coefficient (Wildman–Crippen LogP) is 3.36. The SMILES string of the molecule is O=C(NCc1ccccc1OC(F)F)c1ccc(F)cc1. The summed E-state index contributed by atoms with van der Waals surface area (Å²) in [4.78, 5) is 11.8. The van der Waals surface area contributed by atoms with E-state index in [0.717, 1.165) is 0 Å². The van der Waals surface area contributed by atoms with Crippen molar-refractivity contribution in [3.05, 3.63) is 65.5 Å². The van der Waals surface area contributed by atoms with Crippen LogP contribution < -0.4 is 10.1 Å². The molecule has 0 unspecified atom stereocenters. The number of benzene rings is 2. The second-order valence-corrected chi connectivity index (χ2v) is 4.18. The summed E-state index contributed by atoms with van der Waals surface area (Å²) in [6.45, 7) is -2.90. The Morgan fingerprint density at radius 2 is 1.76 bits per heavy atom. The minimum atomic E-state index is -2.93. The lowest BCUT2D eigenvalue weighted by atomic mass is 10.1. The number of hydrogen-bond acceptors (Lipinski definition) is 2. The minimum absolute atomic E-state index is 0.00639. The van der Waals surface area contributed by atoms with Gasteiger partial charge in [-0.25, -0.2) is 4.39 Å². The fourth-order valence-corrected chi connectivity index (χ4v) is 1.74. The van der Waals surface area contributed by atoms with E-state index in [9.17, 15) is 18.0 Å². The molecule has 0 aliphatic carbocycles. The van der Waals surface area contributed by atoms with Crippen molar-refractivity contribution in [1.82, 2.24) is 5.32 Å². The monoisotopic (exact) mass is 295 g/mol. The van der Waals surface area contributed by atoms with Crippen molar-refractivity contribution in [1.29, 1.82) is 0 Å². The third kappa shape index (κ3) is 4.24. The van der Waals surface area contributed by atoms with Gasteiger partial charge in [-0.2, -0.15) is 8.78 Å². The van der Waals surface area contributed by atoms with Crippen LogP contribution in [0.25, 0.3) is 0 Å². The van der Waals surface area contributed by atoms with E-state index < -0.39 is 18.3 Å². The molecule has 0 saturated heterocycles. The summed E-state index contributed by atoms with van der Waals surface area (Å²) in [7, 11) is 0. The Balaban J connectivity index is 2.02. The van der Waals surface area contributed by atoms with Crippen LogP contribution in [0.1, 0.15) is 15.9 Å². The fourth-order valence-electron chi connectivity index (χ4n) is 1.74. The van der Waals surface area contributed by atoms with E-state index >= 15 is 0 Å². The molecule has 6 heteroatoms. The standard InChI is InChI=1S/C15H12F3NO2/c16-12-7-5-10(6-8-12)14(20)19-9-11-3-1-2-4-13(11)21-15(17)18/h1-8,15H,9H2,(H,19,20). The molecule has 3 nitrogen and oxygen atoms in total. The van der Waals surface area contributed by atoms with Gasteiger partial charge in [0.2, 0.25) is 0 Å². The second-order valence-electron chi connectivity index (χ2n) is 4.18. The number of carbonyl (C=O) groups is 1. The molecule has 0 saturated carbocycles. The van der Waals surface area contributed by atoms with Gasteiger partial charge in [0, 0.05) is 17.7 Å². The van der Waals surface area contributed by atoms with E-state index in [2.05, 4.69) is 10.1 Å². The number of rotatable bonds is 5. The molecule has 0 aromatic heterocycles. The Bertz CT molecular complexity index is 615. The van der Waals surface area contributed by atoms with Crippen molar-refractivity contribution in [3.63, 3.8) is 0 Å². The van der Waals surface area contributed by atoms with Gasteiger partial charge in [-0.15, -0.1) is 0 Å². The zero-order valence-corrected chi connectivity index (χ0v) is 10.9. The van der Waals surface area contributed by atoms with Crippen LogP contribution in [0.15, 0.2) is 48.5 Å². The molecular weight excluding hydrogens is 283 g/mol. The Morgan fingerprint density at radius 3 is 2.43 bits per heavy atom. The van der Waals surface area contributed by atoms with E-state index in [0.29, 0.717) is 5.56 Å².